The fourth-order valence-electron chi connectivity index (χ4n) is 2.50. The molecule has 0 unspecified atom stereocenters. The van der Waals surface area contributed by atoms with Gasteiger partial charge in [0.15, 0.2) is 11.6 Å². The summed E-state index contributed by atoms with van der Waals surface area (Å²) < 4.78 is 23.9. The summed E-state index contributed by atoms with van der Waals surface area (Å²) >= 11 is 0. The first-order valence-electron chi connectivity index (χ1n) is 8.48. The fourth-order valence-corrected chi connectivity index (χ4v) is 2.50. The standard InChI is InChI=1S/C19H25FN2O4/c1-19(2,3)26-18(24)22-11-9-21(10-12-22)17(23)8-6-14-5-7-16(25-4)15(20)13-14/h5-8,13H,9-12H2,1-4H3/b8-6+. The Kier molecular flexibility index (Phi) is 6.23. The van der Waals surface area contributed by atoms with E-state index in [0.717, 1.165) is 0 Å². The Labute approximate surface area is 153 Å². The highest BCUT2D eigenvalue weighted by atomic mass is 19.1. The summed E-state index contributed by atoms with van der Waals surface area (Å²) in [6.07, 6.45) is 2.60. The second kappa shape index (κ2) is 8.21. The average Bonchev–Trinajstić information content (AvgIpc) is 2.58. The van der Waals surface area contributed by atoms with Crippen molar-refractivity contribution >= 4 is 18.1 Å². The van der Waals surface area contributed by atoms with E-state index in [9.17, 15) is 14.0 Å². The third-order valence-electron chi connectivity index (χ3n) is 3.84. The molecule has 1 aliphatic heterocycles. The first-order chi connectivity index (χ1) is 12.2. The summed E-state index contributed by atoms with van der Waals surface area (Å²) in [5, 5.41) is 0. The largest absolute Gasteiger partial charge is 0.494 e. The molecule has 1 saturated heterocycles. The van der Waals surface area contributed by atoms with E-state index in [1.165, 1.54) is 25.3 Å². The van der Waals surface area contributed by atoms with Crippen molar-refractivity contribution in [2.45, 2.75) is 26.4 Å². The number of halogens is 1. The summed E-state index contributed by atoms with van der Waals surface area (Å²) in [4.78, 5) is 27.5. The Balaban J connectivity index is 1.88. The molecule has 2 rings (SSSR count). The lowest BCUT2D eigenvalue weighted by molar-refractivity contribution is -0.127. The van der Waals surface area contributed by atoms with Crippen LogP contribution in [0.1, 0.15) is 26.3 Å². The Morgan fingerprint density at radius 1 is 1.12 bits per heavy atom. The highest BCUT2D eigenvalue weighted by molar-refractivity contribution is 5.92. The molecular formula is C19H25FN2O4. The van der Waals surface area contributed by atoms with E-state index in [2.05, 4.69) is 0 Å². The van der Waals surface area contributed by atoms with Crippen LogP contribution in [-0.2, 0) is 9.53 Å². The topological polar surface area (TPSA) is 59.1 Å². The van der Waals surface area contributed by atoms with Crippen molar-refractivity contribution in [1.82, 2.24) is 9.80 Å². The highest BCUT2D eigenvalue weighted by Gasteiger charge is 2.26. The molecule has 7 heteroatoms. The summed E-state index contributed by atoms with van der Waals surface area (Å²) in [6, 6.07) is 4.49. The van der Waals surface area contributed by atoms with E-state index in [4.69, 9.17) is 9.47 Å². The summed E-state index contributed by atoms with van der Waals surface area (Å²) in [6.45, 7) is 7.16. The molecule has 0 saturated carbocycles. The predicted molar refractivity (Wildman–Crippen MR) is 96.4 cm³/mol. The van der Waals surface area contributed by atoms with Gasteiger partial charge in [-0.25, -0.2) is 9.18 Å². The maximum Gasteiger partial charge on any atom is 0.410 e. The van der Waals surface area contributed by atoms with Crippen LogP contribution in [-0.4, -0.2) is 60.7 Å². The van der Waals surface area contributed by atoms with Gasteiger partial charge in [0.1, 0.15) is 5.60 Å². The van der Waals surface area contributed by atoms with Crippen LogP contribution in [0.3, 0.4) is 0 Å². The molecule has 0 atom stereocenters. The number of hydrogen-bond acceptors (Lipinski definition) is 4. The molecule has 26 heavy (non-hydrogen) atoms. The van der Waals surface area contributed by atoms with Gasteiger partial charge in [-0.3, -0.25) is 4.79 Å². The van der Waals surface area contributed by atoms with E-state index in [0.29, 0.717) is 31.7 Å². The highest BCUT2D eigenvalue weighted by Crippen LogP contribution is 2.18. The van der Waals surface area contributed by atoms with Crippen LogP contribution >= 0.6 is 0 Å². The van der Waals surface area contributed by atoms with Crippen molar-refractivity contribution in [3.63, 3.8) is 0 Å². The van der Waals surface area contributed by atoms with Gasteiger partial charge in [-0.1, -0.05) is 6.07 Å². The minimum Gasteiger partial charge on any atom is -0.494 e. The number of rotatable bonds is 3. The van der Waals surface area contributed by atoms with Crippen molar-refractivity contribution < 1.29 is 23.5 Å². The second-order valence-corrected chi connectivity index (χ2v) is 7.02. The number of carbonyl (C=O) groups excluding carboxylic acids is 2. The van der Waals surface area contributed by atoms with Gasteiger partial charge in [-0.15, -0.1) is 0 Å². The molecule has 142 valence electrons. The SMILES string of the molecule is COc1ccc(/C=C/C(=O)N2CCN(C(=O)OC(C)(C)C)CC2)cc1F. The molecule has 1 aromatic rings. The predicted octanol–water partition coefficient (Wildman–Crippen LogP) is 2.93. The number of amides is 2. The summed E-state index contributed by atoms with van der Waals surface area (Å²) in [7, 11) is 1.40. The molecule has 0 aromatic heterocycles. The first kappa shape index (κ1) is 19.8. The van der Waals surface area contributed by atoms with Crippen LogP contribution in [0.4, 0.5) is 9.18 Å². The van der Waals surface area contributed by atoms with E-state index < -0.39 is 11.4 Å². The molecule has 0 N–H and O–H groups in total. The molecule has 6 nitrogen and oxygen atoms in total. The normalized spacial score (nSPS) is 15.3. The maximum absolute atomic E-state index is 13.7. The first-order valence-corrected chi connectivity index (χ1v) is 8.48. The van der Waals surface area contributed by atoms with Crippen LogP contribution in [0.2, 0.25) is 0 Å². The van der Waals surface area contributed by atoms with Crippen LogP contribution in [0.15, 0.2) is 24.3 Å². The number of nitrogens with zero attached hydrogens (tertiary/aromatic N) is 2. The molecule has 1 heterocycles. The van der Waals surface area contributed by atoms with Crippen molar-refractivity contribution in [3.05, 3.63) is 35.7 Å². The molecule has 1 fully saturated rings. The molecule has 0 radical (unpaired) electrons. The fraction of sp³-hybridized carbons (Fsp3) is 0.474. The molecule has 0 spiro atoms. The average molecular weight is 364 g/mol. The van der Waals surface area contributed by atoms with E-state index >= 15 is 0 Å². The quantitative estimate of drug-likeness (QED) is 0.774. The Bertz CT molecular complexity index is 689. The van der Waals surface area contributed by atoms with Gasteiger partial charge in [0.05, 0.1) is 7.11 Å². The number of hydrogen-bond donors (Lipinski definition) is 0. The number of benzene rings is 1. The van der Waals surface area contributed by atoms with Crippen molar-refractivity contribution in [3.8, 4) is 5.75 Å². The zero-order valence-corrected chi connectivity index (χ0v) is 15.6. The lowest BCUT2D eigenvalue weighted by atomic mass is 10.2. The lowest BCUT2D eigenvalue weighted by Gasteiger charge is -2.35. The molecule has 2 amide bonds. The van der Waals surface area contributed by atoms with Crippen LogP contribution in [0.25, 0.3) is 6.08 Å². The van der Waals surface area contributed by atoms with E-state index in [1.54, 1.807) is 21.9 Å². The number of piperazine rings is 1. The minimum atomic E-state index is -0.541. The zero-order valence-electron chi connectivity index (χ0n) is 15.6. The number of methoxy groups -OCH3 is 1. The van der Waals surface area contributed by atoms with Gasteiger partial charge < -0.3 is 19.3 Å². The molecule has 1 aromatic carbocycles. The maximum atomic E-state index is 13.7. The van der Waals surface area contributed by atoms with Crippen molar-refractivity contribution in [2.75, 3.05) is 33.3 Å². The van der Waals surface area contributed by atoms with E-state index in [1.807, 2.05) is 20.8 Å². The molecule has 0 bridgehead atoms. The smallest absolute Gasteiger partial charge is 0.410 e. The summed E-state index contributed by atoms with van der Waals surface area (Å²) in [5.41, 5.74) is 0.0319. The molecule has 0 aliphatic carbocycles. The van der Waals surface area contributed by atoms with Crippen molar-refractivity contribution in [1.29, 1.82) is 0 Å². The minimum absolute atomic E-state index is 0.159. The summed E-state index contributed by atoms with van der Waals surface area (Å²) in [5.74, 6) is -0.495. The third kappa shape index (κ3) is 5.47. The van der Waals surface area contributed by atoms with Crippen molar-refractivity contribution in [2.24, 2.45) is 0 Å². The van der Waals surface area contributed by atoms with Crippen LogP contribution in [0, 0.1) is 5.82 Å². The number of carbonyl (C=O) groups is 2. The van der Waals surface area contributed by atoms with Gasteiger partial charge in [0.25, 0.3) is 0 Å². The molecular weight excluding hydrogens is 339 g/mol. The van der Waals surface area contributed by atoms with Crippen LogP contribution < -0.4 is 4.74 Å². The third-order valence-corrected chi connectivity index (χ3v) is 3.84. The second-order valence-electron chi connectivity index (χ2n) is 7.02. The van der Waals surface area contributed by atoms with Gasteiger partial charge in [0, 0.05) is 32.3 Å². The number of ether oxygens (including phenoxy) is 2. The zero-order chi connectivity index (χ0) is 19.3. The van der Waals surface area contributed by atoms with E-state index in [-0.39, 0.29) is 17.7 Å². The molecule has 1 aliphatic rings. The van der Waals surface area contributed by atoms with Crippen LogP contribution in [0.5, 0.6) is 5.75 Å². The van der Waals surface area contributed by atoms with Gasteiger partial charge >= 0.3 is 6.09 Å². The lowest BCUT2D eigenvalue weighted by Crippen LogP contribution is -2.51. The van der Waals surface area contributed by atoms with Gasteiger partial charge in [-0.05, 0) is 44.5 Å². The Morgan fingerprint density at radius 3 is 2.27 bits per heavy atom. The monoisotopic (exact) mass is 364 g/mol. The van der Waals surface area contributed by atoms with Gasteiger partial charge in [0.2, 0.25) is 5.91 Å². The van der Waals surface area contributed by atoms with Gasteiger partial charge in [-0.2, -0.15) is 0 Å². The Hall–Kier alpha value is -2.57. The Morgan fingerprint density at radius 2 is 1.73 bits per heavy atom.